The third-order valence-corrected chi connectivity index (χ3v) is 5.06. The minimum Gasteiger partial charge on any atom is -0.444 e. The van der Waals surface area contributed by atoms with Crippen molar-refractivity contribution in [1.29, 1.82) is 0 Å². The number of hydrogen-bond donors (Lipinski definition) is 0. The van der Waals surface area contributed by atoms with Crippen LogP contribution in [0.1, 0.15) is 58.1 Å². The fourth-order valence-electron chi connectivity index (χ4n) is 3.97. The largest absolute Gasteiger partial charge is 0.444 e. The van der Waals surface area contributed by atoms with Gasteiger partial charge in [-0.1, -0.05) is 30.3 Å². The van der Waals surface area contributed by atoms with Gasteiger partial charge in [0.25, 0.3) is 0 Å². The van der Waals surface area contributed by atoms with E-state index in [9.17, 15) is 4.79 Å². The number of likely N-dealkylation sites (tertiary alicyclic amines) is 2. The van der Waals surface area contributed by atoms with Crippen molar-refractivity contribution in [2.75, 3.05) is 19.6 Å². The van der Waals surface area contributed by atoms with Gasteiger partial charge < -0.3 is 9.64 Å². The van der Waals surface area contributed by atoms with Crippen LogP contribution < -0.4 is 0 Å². The molecule has 2 aliphatic heterocycles. The summed E-state index contributed by atoms with van der Waals surface area (Å²) in [5.74, 6) is 0. The topological polar surface area (TPSA) is 32.8 Å². The van der Waals surface area contributed by atoms with Crippen molar-refractivity contribution in [3.8, 4) is 0 Å². The summed E-state index contributed by atoms with van der Waals surface area (Å²) in [7, 11) is 0. The smallest absolute Gasteiger partial charge is 0.410 e. The SMILES string of the molecule is CC(C)(C)OC(=O)N1CCC(N2CCCC2c2ccccc2)CC1. The molecule has 0 radical (unpaired) electrons. The monoisotopic (exact) mass is 330 g/mol. The van der Waals surface area contributed by atoms with Gasteiger partial charge in [-0.05, 0) is 58.6 Å². The van der Waals surface area contributed by atoms with E-state index in [1.165, 1.54) is 24.9 Å². The minimum atomic E-state index is -0.415. The van der Waals surface area contributed by atoms with Crippen molar-refractivity contribution in [3.63, 3.8) is 0 Å². The molecule has 132 valence electrons. The van der Waals surface area contributed by atoms with Gasteiger partial charge in [-0.3, -0.25) is 4.90 Å². The maximum atomic E-state index is 12.2. The van der Waals surface area contributed by atoms with Crippen molar-refractivity contribution in [2.45, 2.75) is 64.1 Å². The molecule has 1 aromatic rings. The molecule has 3 rings (SSSR count). The van der Waals surface area contributed by atoms with Crippen LogP contribution in [-0.2, 0) is 4.74 Å². The molecule has 2 fully saturated rings. The van der Waals surface area contributed by atoms with Gasteiger partial charge in [0.1, 0.15) is 5.60 Å². The molecule has 1 amide bonds. The molecule has 1 atom stereocenters. The Morgan fingerprint density at radius 1 is 1.04 bits per heavy atom. The Morgan fingerprint density at radius 3 is 2.33 bits per heavy atom. The summed E-state index contributed by atoms with van der Waals surface area (Å²) < 4.78 is 5.50. The van der Waals surface area contributed by atoms with Gasteiger partial charge in [-0.25, -0.2) is 4.79 Å². The zero-order chi connectivity index (χ0) is 17.2. The Kier molecular flexibility index (Phi) is 5.14. The van der Waals surface area contributed by atoms with Crippen molar-refractivity contribution < 1.29 is 9.53 Å². The molecule has 0 saturated carbocycles. The summed E-state index contributed by atoms with van der Waals surface area (Å²) in [6.07, 6.45) is 4.44. The third kappa shape index (κ3) is 4.10. The highest BCUT2D eigenvalue weighted by molar-refractivity contribution is 5.68. The maximum Gasteiger partial charge on any atom is 0.410 e. The zero-order valence-corrected chi connectivity index (χ0v) is 15.2. The maximum absolute atomic E-state index is 12.2. The molecule has 4 nitrogen and oxygen atoms in total. The van der Waals surface area contributed by atoms with Gasteiger partial charge in [0.15, 0.2) is 0 Å². The van der Waals surface area contributed by atoms with Crippen LogP contribution in [0.15, 0.2) is 30.3 Å². The van der Waals surface area contributed by atoms with Gasteiger partial charge in [0.05, 0.1) is 0 Å². The van der Waals surface area contributed by atoms with Crippen LogP contribution in [0.2, 0.25) is 0 Å². The third-order valence-electron chi connectivity index (χ3n) is 5.06. The van der Waals surface area contributed by atoms with Crippen molar-refractivity contribution in [3.05, 3.63) is 35.9 Å². The lowest BCUT2D eigenvalue weighted by atomic mass is 9.99. The second-order valence-corrected chi connectivity index (χ2v) is 8.01. The molecule has 1 unspecified atom stereocenters. The summed E-state index contributed by atoms with van der Waals surface area (Å²) in [5, 5.41) is 0. The molecule has 0 aromatic heterocycles. The van der Waals surface area contributed by atoms with E-state index in [0.717, 1.165) is 25.9 Å². The normalized spacial score (nSPS) is 23.5. The summed E-state index contributed by atoms with van der Waals surface area (Å²) in [6.45, 7) is 8.55. The number of ether oxygens (including phenoxy) is 1. The Hall–Kier alpha value is -1.55. The lowest BCUT2D eigenvalue weighted by molar-refractivity contribution is 0.0134. The van der Waals surface area contributed by atoms with Gasteiger partial charge in [-0.15, -0.1) is 0 Å². The summed E-state index contributed by atoms with van der Waals surface area (Å²) in [6, 6.07) is 12.0. The van der Waals surface area contributed by atoms with Crippen LogP contribution >= 0.6 is 0 Å². The predicted molar refractivity (Wildman–Crippen MR) is 96.0 cm³/mol. The molecule has 4 heteroatoms. The average molecular weight is 330 g/mol. The van der Waals surface area contributed by atoms with Crippen LogP contribution in [0.5, 0.6) is 0 Å². The standard InChI is InChI=1S/C20H30N2O2/c1-20(2,3)24-19(23)21-14-11-17(12-15-21)22-13-7-10-18(22)16-8-5-4-6-9-16/h4-6,8-9,17-18H,7,10-15H2,1-3H3. The predicted octanol–water partition coefficient (Wildman–Crippen LogP) is 4.22. The second kappa shape index (κ2) is 7.14. The highest BCUT2D eigenvalue weighted by Gasteiger charge is 2.35. The van der Waals surface area contributed by atoms with Crippen LogP contribution in [0.4, 0.5) is 4.79 Å². The number of carbonyl (C=O) groups is 1. The Morgan fingerprint density at radius 2 is 1.71 bits per heavy atom. The number of carbonyl (C=O) groups excluding carboxylic acids is 1. The highest BCUT2D eigenvalue weighted by Crippen LogP contribution is 2.36. The van der Waals surface area contributed by atoms with Gasteiger partial charge in [0.2, 0.25) is 0 Å². The number of benzene rings is 1. The van der Waals surface area contributed by atoms with Gasteiger partial charge in [-0.2, -0.15) is 0 Å². The first-order valence-corrected chi connectivity index (χ1v) is 9.23. The summed E-state index contributed by atoms with van der Waals surface area (Å²) in [5.41, 5.74) is 1.02. The number of rotatable bonds is 2. The van der Waals surface area contributed by atoms with Crippen molar-refractivity contribution in [2.24, 2.45) is 0 Å². The molecule has 2 saturated heterocycles. The van der Waals surface area contributed by atoms with Crippen molar-refractivity contribution >= 4 is 6.09 Å². The van der Waals surface area contributed by atoms with Crippen LogP contribution in [-0.4, -0.2) is 47.2 Å². The van der Waals surface area contributed by atoms with E-state index in [-0.39, 0.29) is 6.09 Å². The zero-order valence-electron chi connectivity index (χ0n) is 15.2. The molecule has 2 heterocycles. The van der Waals surface area contributed by atoms with Crippen molar-refractivity contribution in [1.82, 2.24) is 9.80 Å². The molecule has 24 heavy (non-hydrogen) atoms. The van der Waals surface area contributed by atoms with E-state index >= 15 is 0 Å². The Bertz CT molecular complexity index is 545. The highest BCUT2D eigenvalue weighted by atomic mass is 16.6. The first kappa shape index (κ1) is 17.3. The number of piperidine rings is 1. The summed E-state index contributed by atoms with van der Waals surface area (Å²) >= 11 is 0. The Balaban J connectivity index is 1.57. The minimum absolute atomic E-state index is 0.165. The van der Waals surface area contributed by atoms with E-state index < -0.39 is 5.60 Å². The van der Waals surface area contributed by atoms with Crippen LogP contribution in [0, 0.1) is 0 Å². The van der Waals surface area contributed by atoms with E-state index in [2.05, 4.69) is 35.2 Å². The van der Waals surface area contributed by atoms with E-state index in [1.807, 2.05) is 25.7 Å². The number of hydrogen-bond acceptors (Lipinski definition) is 3. The van der Waals surface area contributed by atoms with Crippen LogP contribution in [0.3, 0.4) is 0 Å². The van der Waals surface area contributed by atoms with E-state index in [4.69, 9.17) is 4.74 Å². The van der Waals surface area contributed by atoms with Gasteiger partial charge in [0, 0.05) is 25.2 Å². The lowest BCUT2D eigenvalue weighted by Crippen LogP contribution is -2.47. The molecular formula is C20H30N2O2. The fourth-order valence-corrected chi connectivity index (χ4v) is 3.97. The first-order chi connectivity index (χ1) is 11.4. The average Bonchev–Trinajstić information content (AvgIpc) is 3.04. The number of nitrogens with zero attached hydrogens (tertiary/aromatic N) is 2. The lowest BCUT2D eigenvalue weighted by Gasteiger charge is -2.39. The number of amides is 1. The first-order valence-electron chi connectivity index (χ1n) is 9.23. The Labute approximate surface area is 145 Å². The molecule has 0 N–H and O–H groups in total. The summed E-state index contributed by atoms with van der Waals surface area (Å²) in [4.78, 5) is 16.8. The molecule has 2 aliphatic rings. The quantitative estimate of drug-likeness (QED) is 0.814. The van der Waals surface area contributed by atoms with E-state index in [0.29, 0.717) is 12.1 Å². The molecule has 0 spiro atoms. The van der Waals surface area contributed by atoms with Gasteiger partial charge >= 0.3 is 6.09 Å². The fraction of sp³-hybridized carbons (Fsp3) is 0.650. The molecular weight excluding hydrogens is 300 g/mol. The molecule has 0 bridgehead atoms. The van der Waals surface area contributed by atoms with E-state index in [1.54, 1.807) is 0 Å². The van der Waals surface area contributed by atoms with Crippen LogP contribution in [0.25, 0.3) is 0 Å². The second-order valence-electron chi connectivity index (χ2n) is 8.01. The molecule has 0 aliphatic carbocycles. The molecule has 1 aromatic carbocycles.